The Balaban J connectivity index is 2.41. The fourth-order valence-electron chi connectivity index (χ4n) is 2.35. The molecule has 1 unspecified atom stereocenters. The van der Waals surface area contributed by atoms with E-state index in [0.717, 1.165) is 16.5 Å². The minimum absolute atomic E-state index is 0.188. The molecule has 0 radical (unpaired) electrons. The predicted octanol–water partition coefficient (Wildman–Crippen LogP) is 1.96. The van der Waals surface area contributed by atoms with Crippen LogP contribution < -0.4 is 10.1 Å². The first kappa shape index (κ1) is 15.9. The van der Waals surface area contributed by atoms with Crippen LogP contribution in [0.25, 0.3) is 10.9 Å². The standard InChI is InChI=1S/C16H20N2O4/c1-4-22-16(20)14(9-17-10(2)19)13-8-18-15-6-5-11(21-3)7-12(13)15/h5-8,14,18H,4,9H2,1-3H3,(H,17,19). The number of H-pyrrole nitrogens is 1. The molecule has 118 valence electrons. The van der Waals surface area contributed by atoms with Crippen LogP contribution in [-0.4, -0.2) is 37.1 Å². The van der Waals surface area contributed by atoms with Crippen LogP contribution in [0.2, 0.25) is 0 Å². The number of ether oxygens (including phenoxy) is 2. The molecule has 0 bridgehead atoms. The van der Waals surface area contributed by atoms with E-state index in [1.807, 2.05) is 18.2 Å². The van der Waals surface area contributed by atoms with Gasteiger partial charge in [0, 0.05) is 30.6 Å². The van der Waals surface area contributed by atoms with Gasteiger partial charge in [0.1, 0.15) is 11.7 Å². The van der Waals surface area contributed by atoms with Crippen molar-refractivity contribution in [3.8, 4) is 5.75 Å². The summed E-state index contributed by atoms with van der Waals surface area (Å²) in [6.45, 7) is 3.66. The van der Waals surface area contributed by atoms with Crippen molar-refractivity contribution in [1.29, 1.82) is 0 Å². The molecule has 0 spiro atoms. The van der Waals surface area contributed by atoms with Crippen LogP contribution in [0.3, 0.4) is 0 Å². The Morgan fingerprint density at radius 1 is 1.36 bits per heavy atom. The number of rotatable bonds is 6. The largest absolute Gasteiger partial charge is 0.497 e. The summed E-state index contributed by atoms with van der Waals surface area (Å²) in [6, 6.07) is 5.59. The Labute approximate surface area is 128 Å². The van der Waals surface area contributed by atoms with Gasteiger partial charge in [-0.15, -0.1) is 0 Å². The fourth-order valence-corrected chi connectivity index (χ4v) is 2.35. The smallest absolute Gasteiger partial charge is 0.315 e. The molecule has 0 aliphatic carbocycles. The Bertz CT molecular complexity index is 678. The number of methoxy groups -OCH3 is 1. The molecule has 0 aliphatic rings. The van der Waals surface area contributed by atoms with Gasteiger partial charge in [0.2, 0.25) is 5.91 Å². The minimum Gasteiger partial charge on any atom is -0.497 e. The summed E-state index contributed by atoms with van der Waals surface area (Å²) >= 11 is 0. The van der Waals surface area contributed by atoms with Crippen molar-refractivity contribution in [2.45, 2.75) is 19.8 Å². The molecule has 0 fully saturated rings. The number of carbonyl (C=O) groups is 2. The van der Waals surface area contributed by atoms with E-state index in [1.54, 1.807) is 20.2 Å². The van der Waals surface area contributed by atoms with E-state index in [0.29, 0.717) is 12.4 Å². The molecule has 1 aromatic heterocycles. The first-order valence-electron chi connectivity index (χ1n) is 7.13. The first-order chi connectivity index (χ1) is 10.6. The van der Waals surface area contributed by atoms with Gasteiger partial charge in [-0.2, -0.15) is 0 Å². The molecule has 6 nitrogen and oxygen atoms in total. The summed E-state index contributed by atoms with van der Waals surface area (Å²) in [4.78, 5) is 26.5. The zero-order valence-electron chi connectivity index (χ0n) is 12.9. The Kier molecular flexibility index (Phi) is 5.04. The van der Waals surface area contributed by atoms with Crippen LogP contribution >= 0.6 is 0 Å². The minimum atomic E-state index is -0.565. The fraction of sp³-hybridized carbons (Fsp3) is 0.375. The summed E-state index contributed by atoms with van der Waals surface area (Å²) in [5, 5.41) is 3.56. The molecule has 0 saturated carbocycles. The molecule has 1 atom stereocenters. The average Bonchev–Trinajstić information content (AvgIpc) is 2.90. The molecule has 0 aliphatic heterocycles. The second-order valence-corrected chi connectivity index (χ2v) is 4.90. The second-order valence-electron chi connectivity index (χ2n) is 4.90. The summed E-state index contributed by atoms with van der Waals surface area (Å²) in [7, 11) is 1.59. The van der Waals surface area contributed by atoms with Crippen molar-refractivity contribution in [1.82, 2.24) is 10.3 Å². The van der Waals surface area contributed by atoms with E-state index >= 15 is 0 Å². The van der Waals surface area contributed by atoms with Crippen molar-refractivity contribution in [2.24, 2.45) is 0 Å². The highest BCUT2D eigenvalue weighted by atomic mass is 16.5. The van der Waals surface area contributed by atoms with Gasteiger partial charge in [-0.3, -0.25) is 9.59 Å². The predicted molar refractivity (Wildman–Crippen MR) is 82.9 cm³/mol. The number of fused-ring (bicyclic) bond motifs is 1. The van der Waals surface area contributed by atoms with Gasteiger partial charge in [0.25, 0.3) is 0 Å². The van der Waals surface area contributed by atoms with Crippen LogP contribution in [0.15, 0.2) is 24.4 Å². The van der Waals surface area contributed by atoms with E-state index in [-0.39, 0.29) is 18.4 Å². The number of aromatic amines is 1. The highest BCUT2D eigenvalue weighted by Crippen LogP contribution is 2.29. The lowest BCUT2D eigenvalue weighted by Gasteiger charge is -2.15. The number of hydrogen-bond acceptors (Lipinski definition) is 4. The molecule has 2 aromatic rings. The summed E-state index contributed by atoms with van der Waals surface area (Å²) in [6.07, 6.45) is 1.77. The lowest BCUT2D eigenvalue weighted by atomic mass is 9.98. The van der Waals surface area contributed by atoms with Gasteiger partial charge in [-0.25, -0.2) is 0 Å². The van der Waals surface area contributed by atoms with Gasteiger partial charge in [-0.05, 0) is 30.7 Å². The van der Waals surface area contributed by atoms with E-state index in [4.69, 9.17) is 9.47 Å². The van der Waals surface area contributed by atoms with E-state index < -0.39 is 5.92 Å². The summed E-state index contributed by atoms with van der Waals surface area (Å²) in [5.74, 6) is -0.410. The molecule has 1 amide bonds. The van der Waals surface area contributed by atoms with E-state index in [9.17, 15) is 9.59 Å². The van der Waals surface area contributed by atoms with Crippen LogP contribution in [-0.2, 0) is 14.3 Å². The van der Waals surface area contributed by atoms with Crippen molar-refractivity contribution >= 4 is 22.8 Å². The third-order valence-corrected chi connectivity index (χ3v) is 3.42. The SMILES string of the molecule is CCOC(=O)C(CNC(C)=O)c1c[nH]c2ccc(OC)cc12. The van der Waals surface area contributed by atoms with Gasteiger partial charge >= 0.3 is 5.97 Å². The molecule has 1 heterocycles. The van der Waals surface area contributed by atoms with Crippen LogP contribution in [0.5, 0.6) is 5.75 Å². The molecule has 2 rings (SSSR count). The van der Waals surface area contributed by atoms with Crippen LogP contribution in [0.1, 0.15) is 25.3 Å². The maximum atomic E-state index is 12.2. The Morgan fingerprint density at radius 2 is 2.14 bits per heavy atom. The van der Waals surface area contributed by atoms with Crippen molar-refractivity contribution < 1.29 is 19.1 Å². The summed E-state index contributed by atoms with van der Waals surface area (Å²) in [5.41, 5.74) is 1.68. The van der Waals surface area contributed by atoms with Gasteiger partial charge < -0.3 is 19.8 Å². The number of aromatic nitrogens is 1. The molecular weight excluding hydrogens is 284 g/mol. The highest BCUT2D eigenvalue weighted by molar-refractivity contribution is 5.91. The molecule has 1 aromatic carbocycles. The average molecular weight is 304 g/mol. The van der Waals surface area contributed by atoms with E-state index in [1.165, 1.54) is 6.92 Å². The third kappa shape index (κ3) is 3.39. The number of hydrogen-bond donors (Lipinski definition) is 2. The zero-order chi connectivity index (χ0) is 16.1. The number of amides is 1. The van der Waals surface area contributed by atoms with Gasteiger partial charge in [0.15, 0.2) is 0 Å². The topological polar surface area (TPSA) is 80.4 Å². The number of benzene rings is 1. The molecule has 6 heteroatoms. The summed E-state index contributed by atoms with van der Waals surface area (Å²) < 4.78 is 10.4. The van der Waals surface area contributed by atoms with Crippen LogP contribution in [0.4, 0.5) is 0 Å². The second kappa shape index (κ2) is 6.98. The lowest BCUT2D eigenvalue weighted by molar-refractivity contribution is -0.144. The molecule has 22 heavy (non-hydrogen) atoms. The number of carbonyl (C=O) groups excluding carboxylic acids is 2. The molecule has 0 saturated heterocycles. The first-order valence-corrected chi connectivity index (χ1v) is 7.13. The lowest BCUT2D eigenvalue weighted by Crippen LogP contribution is -2.31. The number of nitrogens with one attached hydrogen (secondary N) is 2. The third-order valence-electron chi connectivity index (χ3n) is 3.42. The van der Waals surface area contributed by atoms with Gasteiger partial charge in [0.05, 0.1) is 13.7 Å². The number of esters is 1. The normalized spacial score (nSPS) is 12.0. The highest BCUT2D eigenvalue weighted by Gasteiger charge is 2.25. The Hall–Kier alpha value is -2.50. The van der Waals surface area contributed by atoms with Gasteiger partial charge in [-0.1, -0.05) is 0 Å². The van der Waals surface area contributed by atoms with E-state index in [2.05, 4.69) is 10.3 Å². The van der Waals surface area contributed by atoms with Crippen molar-refractivity contribution in [3.05, 3.63) is 30.0 Å². The van der Waals surface area contributed by atoms with Crippen molar-refractivity contribution in [2.75, 3.05) is 20.3 Å². The molecule has 2 N–H and O–H groups in total. The quantitative estimate of drug-likeness (QED) is 0.799. The zero-order valence-corrected chi connectivity index (χ0v) is 12.9. The van der Waals surface area contributed by atoms with Crippen LogP contribution in [0, 0.1) is 0 Å². The monoisotopic (exact) mass is 304 g/mol. The Morgan fingerprint density at radius 3 is 2.77 bits per heavy atom. The van der Waals surface area contributed by atoms with Crippen molar-refractivity contribution in [3.63, 3.8) is 0 Å². The maximum absolute atomic E-state index is 12.2. The maximum Gasteiger partial charge on any atom is 0.315 e. The molecular formula is C16H20N2O4.